The Bertz CT molecular complexity index is 403. The van der Waals surface area contributed by atoms with Crippen molar-refractivity contribution in [2.75, 3.05) is 18.0 Å². The van der Waals surface area contributed by atoms with Crippen LogP contribution in [0.1, 0.15) is 19.4 Å². The molecule has 16 heavy (non-hydrogen) atoms. The summed E-state index contributed by atoms with van der Waals surface area (Å²) >= 11 is 0. The number of nitrogens with zero attached hydrogens (tertiary/aromatic N) is 3. The van der Waals surface area contributed by atoms with Gasteiger partial charge in [0.2, 0.25) is 0 Å². The molecule has 2 atom stereocenters. The minimum atomic E-state index is 0.178. The second-order valence-corrected chi connectivity index (χ2v) is 4.15. The number of hydrogen-bond acceptors (Lipinski definition) is 4. The van der Waals surface area contributed by atoms with E-state index < -0.39 is 0 Å². The number of ether oxygens (including phenoxy) is 1. The second-order valence-electron chi connectivity index (χ2n) is 4.15. The third-order valence-corrected chi connectivity index (χ3v) is 2.63. The minimum absolute atomic E-state index is 0.178. The van der Waals surface area contributed by atoms with Gasteiger partial charge in [-0.3, -0.25) is 0 Å². The van der Waals surface area contributed by atoms with Gasteiger partial charge in [-0.05, 0) is 26.0 Å². The molecule has 1 fully saturated rings. The smallest absolute Gasteiger partial charge is 0.146 e. The summed E-state index contributed by atoms with van der Waals surface area (Å²) in [5, 5.41) is 9.03. The van der Waals surface area contributed by atoms with Crippen LogP contribution in [0.15, 0.2) is 18.3 Å². The van der Waals surface area contributed by atoms with E-state index in [-0.39, 0.29) is 12.2 Å². The van der Waals surface area contributed by atoms with Crippen LogP contribution in [0.25, 0.3) is 0 Å². The van der Waals surface area contributed by atoms with E-state index in [9.17, 15) is 0 Å². The molecule has 2 unspecified atom stereocenters. The van der Waals surface area contributed by atoms with Crippen molar-refractivity contribution < 1.29 is 4.74 Å². The van der Waals surface area contributed by atoms with Gasteiger partial charge in [-0.25, -0.2) is 4.98 Å². The molecule has 0 aliphatic carbocycles. The van der Waals surface area contributed by atoms with Gasteiger partial charge in [0.1, 0.15) is 11.9 Å². The van der Waals surface area contributed by atoms with Crippen molar-refractivity contribution in [3.05, 3.63) is 23.9 Å². The Hall–Kier alpha value is -1.60. The van der Waals surface area contributed by atoms with Crippen molar-refractivity contribution in [2.24, 2.45) is 0 Å². The van der Waals surface area contributed by atoms with E-state index in [4.69, 9.17) is 10.00 Å². The summed E-state index contributed by atoms with van der Waals surface area (Å²) in [7, 11) is 0. The third kappa shape index (κ3) is 2.15. The average Bonchev–Trinajstić information content (AvgIpc) is 2.27. The van der Waals surface area contributed by atoms with Crippen LogP contribution in [-0.2, 0) is 4.74 Å². The molecule has 1 aromatic heterocycles. The van der Waals surface area contributed by atoms with Gasteiger partial charge < -0.3 is 9.64 Å². The quantitative estimate of drug-likeness (QED) is 0.716. The van der Waals surface area contributed by atoms with E-state index in [0.717, 1.165) is 18.9 Å². The highest BCUT2D eigenvalue weighted by atomic mass is 16.5. The number of nitriles is 1. The molecule has 0 spiro atoms. The fraction of sp³-hybridized carbons (Fsp3) is 0.500. The maximum Gasteiger partial charge on any atom is 0.146 e. The molecule has 1 saturated heterocycles. The average molecular weight is 217 g/mol. The molecular formula is C12H15N3O. The highest BCUT2D eigenvalue weighted by Gasteiger charge is 2.24. The number of anilines is 1. The van der Waals surface area contributed by atoms with Gasteiger partial charge in [0, 0.05) is 19.3 Å². The molecule has 1 aromatic rings. The maximum atomic E-state index is 9.03. The van der Waals surface area contributed by atoms with E-state index in [1.807, 2.05) is 13.8 Å². The highest BCUT2D eigenvalue weighted by Crippen LogP contribution is 2.21. The molecule has 0 N–H and O–H groups in total. The van der Waals surface area contributed by atoms with Crippen molar-refractivity contribution >= 4 is 5.82 Å². The Morgan fingerprint density at radius 2 is 2.12 bits per heavy atom. The number of pyridine rings is 1. The van der Waals surface area contributed by atoms with Crippen LogP contribution < -0.4 is 4.90 Å². The monoisotopic (exact) mass is 217 g/mol. The first-order valence-electron chi connectivity index (χ1n) is 5.46. The van der Waals surface area contributed by atoms with Gasteiger partial charge in [-0.2, -0.15) is 5.26 Å². The molecule has 84 valence electrons. The molecule has 4 nitrogen and oxygen atoms in total. The van der Waals surface area contributed by atoms with Crippen molar-refractivity contribution in [1.29, 1.82) is 5.26 Å². The molecule has 0 aromatic carbocycles. The zero-order valence-electron chi connectivity index (χ0n) is 9.55. The summed E-state index contributed by atoms with van der Waals surface area (Å²) in [6.45, 7) is 5.65. The molecule has 0 amide bonds. The lowest BCUT2D eigenvalue weighted by atomic mass is 10.2. The molecule has 2 rings (SSSR count). The topological polar surface area (TPSA) is 49.2 Å². The van der Waals surface area contributed by atoms with E-state index in [1.54, 1.807) is 18.3 Å². The maximum absolute atomic E-state index is 9.03. The SMILES string of the molecule is CC1CN(c2ncccc2C#N)CC(C)O1. The molecule has 0 radical (unpaired) electrons. The lowest BCUT2D eigenvalue weighted by Gasteiger charge is -2.36. The van der Waals surface area contributed by atoms with Crippen LogP contribution in [-0.4, -0.2) is 30.3 Å². The second kappa shape index (κ2) is 4.50. The van der Waals surface area contributed by atoms with Gasteiger partial charge in [0.25, 0.3) is 0 Å². The molecule has 0 saturated carbocycles. The fourth-order valence-corrected chi connectivity index (χ4v) is 2.09. The van der Waals surface area contributed by atoms with E-state index in [2.05, 4.69) is 16.0 Å². The Morgan fingerprint density at radius 1 is 1.44 bits per heavy atom. The number of morpholine rings is 1. The van der Waals surface area contributed by atoms with Crippen molar-refractivity contribution in [3.63, 3.8) is 0 Å². The van der Waals surface area contributed by atoms with Crippen LogP contribution >= 0.6 is 0 Å². The number of aromatic nitrogens is 1. The van der Waals surface area contributed by atoms with Crippen molar-refractivity contribution in [2.45, 2.75) is 26.1 Å². The lowest BCUT2D eigenvalue weighted by Crippen LogP contribution is -2.46. The standard InChI is InChI=1S/C12H15N3O/c1-9-7-15(8-10(2)16-9)12-11(6-13)4-3-5-14-12/h3-5,9-10H,7-8H2,1-2H3. The zero-order valence-corrected chi connectivity index (χ0v) is 9.55. The van der Waals surface area contributed by atoms with Gasteiger partial charge in [0.15, 0.2) is 0 Å². The summed E-state index contributed by atoms with van der Waals surface area (Å²) in [4.78, 5) is 6.41. The predicted octanol–water partition coefficient (Wildman–Crippen LogP) is 1.57. The highest BCUT2D eigenvalue weighted by molar-refractivity contribution is 5.53. The summed E-state index contributed by atoms with van der Waals surface area (Å²) in [6.07, 6.45) is 2.08. The van der Waals surface area contributed by atoms with Gasteiger partial charge >= 0.3 is 0 Å². The molecular weight excluding hydrogens is 202 g/mol. The number of hydrogen-bond donors (Lipinski definition) is 0. The normalized spacial score (nSPS) is 25.2. The zero-order chi connectivity index (χ0) is 11.5. The fourth-order valence-electron chi connectivity index (χ4n) is 2.09. The van der Waals surface area contributed by atoms with Crippen molar-refractivity contribution in [3.8, 4) is 6.07 Å². The van der Waals surface area contributed by atoms with Crippen LogP contribution in [0.3, 0.4) is 0 Å². The minimum Gasteiger partial charge on any atom is -0.372 e. The van der Waals surface area contributed by atoms with Crippen LogP contribution in [0.2, 0.25) is 0 Å². The van der Waals surface area contributed by atoms with Gasteiger partial charge in [0.05, 0.1) is 17.8 Å². The molecule has 0 bridgehead atoms. The van der Waals surface area contributed by atoms with E-state index in [1.165, 1.54) is 0 Å². The summed E-state index contributed by atoms with van der Waals surface area (Å²) in [5.74, 6) is 0.770. The van der Waals surface area contributed by atoms with Gasteiger partial charge in [-0.1, -0.05) is 0 Å². The van der Waals surface area contributed by atoms with Crippen molar-refractivity contribution in [1.82, 2.24) is 4.98 Å². The van der Waals surface area contributed by atoms with E-state index >= 15 is 0 Å². The molecule has 1 aliphatic heterocycles. The first-order chi connectivity index (χ1) is 7.70. The molecule has 4 heteroatoms. The van der Waals surface area contributed by atoms with E-state index in [0.29, 0.717) is 5.56 Å². The summed E-state index contributed by atoms with van der Waals surface area (Å²) in [6, 6.07) is 5.76. The Balaban J connectivity index is 2.26. The van der Waals surface area contributed by atoms with Crippen LogP contribution in [0, 0.1) is 11.3 Å². The predicted molar refractivity (Wildman–Crippen MR) is 61.2 cm³/mol. The van der Waals surface area contributed by atoms with Gasteiger partial charge in [-0.15, -0.1) is 0 Å². The first kappa shape index (κ1) is 10.9. The Labute approximate surface area is 95.5 Å². The summed E-state index contributed by atoms with van der Waals surface area (Å²) < 4.78 is 5.66. The number of rotatable bonds is 1. The first-order valence-corrected chi connectivity index (χ1v) is 5.46. The van der Waals surface area contributed by atoms with Crippen LogP contribution in [0.4, 0.5) is 5.82 Å². The lowest BCUT2D eigenvalue weighted by molar-refractivity contribution is -0.00547. The third-order valence-electron chi connectivity index (χ3n) is 2.63. The molecule has 1 aliphatic rings. The van der Waals surface area contributed by atoms with Crippen LogP contribution in [0.5, 0.6) is 0 Å². The largest absolute Gasteiger partial charge is 0.372 e. The molecule has 2 heterocycles. The Morgan fingerprint density at radius 3 is 2.75 bits per heavy atom. The summed E-state index contributed by atoms with van der Waals surface area (Å²) in [5.41, 5.74) is 0.629. The Kier molecular flexibility index (Phi) is 3.07.